The molecule has 33 heavy (non-hydrogen) atoms. The number of ether oxygens (including phenoxy) is 1. The van der Waals surface area contributed by atoms with Crippen LogP contribution >= 0.6 is 0 Å². The van der Waals surface area contributed by atoms with Crippen molar-refractivity contribution in [2.45, 2.75) is 33.6 Å². The highest BCUT2D eigenvalue weighted by Crippen LogP contribution is 2.28. The van der Waals surface area contributed by atoms with Crippen molar-refractivity contribution in [3.05, 3.63) is 83.1 Å². The smallest absolute Gasteiger partial charge is 0.249 e. The fourth-order valence-corrected chi connectivity index (χ4v) is 3.74. The van der Waals surface area contributed by atoms with E-state index in [0.717, 1.165) is 27.7 Å². The number of aromatic nitrogens is 3. The fourth-order valence-electron chi connectivity index (χ4n) is 3.74. The zero-order valence-corrected chi connectivity index (χ0v) is 19.6. The van der Waals surface area contributed by atoms with Crippen molar-refractivity contribution in [3.63, 3.8) is 0 Å². The minimum atomic E-state index is -0.237. The molecule has 0 aliphatic heterocycles. The lowest BCUT2D eigenvalue weighted by Gasteiger charge is -2.12. The van der Waals surface area contributed by atoms with Gasteiger partial charge in [-0.2, -0.15) is 9.78 Å². The molecule has 1 N–H and O–H groups in total. The van der Waals surface area contributed by atoms with E-state index in [2.05, 4.69) is 36.4 Å². The SMILES string of the molecule is COc1cccc2c(C)cc(-n3nc(C)cc3NC(=O)/C=C/c3ccc(C(C)C)cc3)nc12. The second-order valence-corrected chi connectivity index (χ2v) is 8.38. The maximum Gasteiger partial charge on any atom is 0.249 e. The second-order valence-electron chi connectivity index (χ2n) is 8.38. The molecule has 2 heterocycles. The summed E-state index contributed by atoms with van der Waals surface area (Å²) in [6.07, 6.45) is 3.33. The minimum Gasteiger partial charge on any atom is -0.494 e. The minimum absolute atomic E-state index is 0.237. The summed E-state index contributed by atoms with van der Waals surface area (Å²) >= 11 is 0. The number of amides is 1. The number of hydrogen-bond donors (Lipinski definition) is 1. The number of pyridine rings is 1. The normalized spacial score (nSPS) is 11.5. The van der Waals surface area contributed by atoms with Crippen molar-refractivity contribution in [1.82, 2.24) is 14.8 Å². The highest BCUT2D eigenvalue weighted by atomic mass is 16.5. The summed E-state index contributed by atoms with van der Waals surface area (Å²) in [6, 6.07) is 17.8. The van der Waals surface area contributed by atoms with Crippen LogP contribution in [-0.4, -0.2) is 27.8 Å². The van der Waals surface area contributed by atoms with Gasteiger partial charge in [-0.1, -0.05) is 50.2 Å². The molecule has 0 bridgehead atoms. The van der Waals surface area contributed by atoms with E-state index in [1.807, 2.05) is 56.3 Å². The van der Waals surface area contributed by atoms with Crippen molar-refractivity contribution in [1.29, 1.82) is 0 Å². The van der Waals surface area contributed by atoms with Crippen molar-refractivity contribution in [2.75, 3.05) is 12.4 Å². The molecule has 6 heteroatoms. The average molecular weight is 441 g/mol. The third kappa shape index (κ3) is 4.80. The molecule has 4 aromatic rings. The van der Waals surface area contributed by atoms with Gasteiger partial charge in [0.2, 0.25) is 5.91 Å². The average Bonchev–Trinajstić information content (AvgIpc) is 3.17. The number of fused-ring (bicyclic) bond motifs is 1. The van der Waals surface area contributed by atoms with Crippen molar-refractivity contribution in [3.8, 4) is 11.6 Å². The molecule has 0 spiro atoms. The van der Waals surface area contributed by atoms with E-state index >= 15 is 0 Å². The van der Waals surface area contributed by atoms with Gasteiger partial charge < -0.3 is 10.1 Å². The molecule has 2 aromatic carbocycles. The lowest BCUT2D eigenvalue weighted by Crippen LogP contribution is -2.13. The molecule has 1 amide bonds. The van der Waals surface area contributed by atoms with Gasteiger partial charge in [0.25, 0.3) is 0 Å². The van der Waals surface area contributed by atoms with Gasteiger partial charge >= 0.3 is 0 Å². The number of methoxy groups -OCH3 is 1. The molecule has 2 aromatic heterocycles. The van der Waals surface area contributed by atoms with Crippen molar-refractivity contribution < 1.29 is 9.53 Å². The third-order valence-corrected chi connectivity index (χ3v) is 5.55. The van der Waals surface area contributed by atoms with E-state index in [1.165, 1.54) is 11.6 Å². The first-order chi connectivity index (χ1) is 15.9. The van der Waals surface area contributed by atoms with E-state index in [4.69, 9.17) is 9.72 Å². The number of para-hydroxylation sites is 1. The zero-order chi connectivity index (χ0) is 23.5. The van der Waals surface area contributed by atoms with Gasteiger partial charge in [0.15, 0.2) is 5.82 Å². The Bertz CT molecular complexity index is 1330. The van der Waals surface area contributed by atoms with Gasteiger partial charge in [0, 0.05) is 17.5 Å². The Balaban J connectivity index is 1.61. The predicted molar refractivity (Wildman–Crippen MR) is 133 cm³/mol. The summed E-state index contributed by atoms with van der Waals surface area (Å²) in [4.78, 5) is 17.4. The van der Waals surface area contributed by atoms with E-state index < -0.39 is 0 Å². The standard InChI is InChI=1S/C27H28N4O2/c1-17(2)21-12-9-20(10-13-21)11-14-26(32)28-25-16-19(4)30-31(25)24-15-18(3)22-7-6-8-23(33-5)27(22)29-24/h6-17H,1-5H3,(H,28,32)/b14-11+. The molecule has 168 valence electrons. The number of anilines is 1. The highest BCUT2D eigenvalue weighted by Gasteiger charge is 2.14. The summed E-state index contributed by atoms with van der Waals surface area (Å²) in [7, 11) is 1.63. The number of benzene rings is 2. The number of carbonyl (C=O) groups excluding carboxylic acids is 1. The first-order valence-electron chi connectivity index (χ1n) is 11.0. The molecule has 0 aliphatic carbocycles. The Labute approximate surface area is 193 Å². The molecule has 0 unspecified atom stereocenters. The van der Waals surface area contributed by atoms with Crippen LogP contribution in [0.1, 0.15) is 42.1 Å². The Hall–Kier alpha value is -3.93. The van der Waals surface area contributed by atoms with Gasteiger partial charge in [-0.05, 0) is 54.7 Å². The van der Waals surface area contributed by atoms with Crippen LogP contribution in [0.25, 0.3) is 22.8 Å². The van der Waals surface area contributed by atoms with Crippen molar-refractivity contribution >= 4 is 28.7 Å². The van der Waals surface area contributed by atoms with Gasteiger partial charge in [-0.15, -0.1) is 0 Å². The van der Waals surface area contributed by atoms with Crippen LogP contribution in [0.3, 0.4) is 0 Å². The molecule has 0 saturated heterocycles. The summed E-state index contributed by atoms with van der Waals surface area (Å²) in [5, 5.41) is 8.50. The van der Waals surface area contributed by atoms with Gasteiger partial charge in [-0.3, -0.25) is 4.79 Å². The number of nitrogens with one attached hydrogen (secondary N) is 1. The van der Waals surface area contributed by atoms with E-state index in [1.54, 1.807) is 17.9 Å². The largest absolute Gasteiger partial charge is 0.494 e. The first kappa shape index (κ1) is 22.3. The lowest BCUT2D eigenvalue weighted by atomic mass is 10.0. The van der Waals surface area contributed by atoms with Crippen LogP contribution < -0.4 is 10.1 Å². The second kappa shape index (κ2) is 9.28. The van der Waals surface area contributed by atoms with Crippen molar-refractivity contribution in [2.24, 2.45) is 0 Å². The number of aryl methyl sites for hydroxylation is 2. The van der Waals surface area contributed by atoms with Crippen LogP contribution in [0.4, 0.5) is 5.82 Å². The maximum absolute atomic E-state index is 12.7. The lowest BCUT2D eigenvalue weighted by molar-refractivity contribution is -0.111. The topological polar surface area (TPSA) is 69.0 Å². The summed E-state index contributed by atoms with van der Waals surface area (Å²) in [5.41, 5.74) is 4.82. The number of carbonyl (C=O) groups is 1. The van der Waals surface area contributed by atoms with Gasteiger partial charge in [0.1, 0.15) is 17.1 Å². The Morgan fingerprint density at radius 1 is 1.09 bits per heavy atom. The molecule has 4 rings (SSSR count). The van der Waals surface area contributed by atoms with E-state index in [0.29, 0.717) is 23.3 Å². The first-order valence-corrected chi connectivity index (χ1v) is 11.0. The van der Waals surface area contributed by atoms with Crippen LogP contribution in [0, 0.1) is 13.8 Å². The summed E-state index contributed by atoms with van der Waals surface area (Å²) in [5.74, 6) is 2.10. The number of nitrogens with zero attached hydrogens (tertiary/aromatic N) is 3. The van der Waals surface area contributed by atoms with Gasteiger partial charge in [-0.25, -0.2) is 4.98 Å². The maximum atomic E-state index is 12.7. The number of rotatable bonds is 6. The molecular formula is C27H28N4O2. The molecule has 0 atom stereocenters. The van der Waals surface area contributed by atoms with Crippen LogP contribution in [0.15, 0.2) is 60.7 Å². The molecule has 6 nitrogen and oxygen atoms in total. The van der Waals surface area contributed by atoms with Gasteiger partial charge in [0.05, 0.1) is 12.8 Å². The fraction of sp³-hybridized carbons (Fsp3) is 0.222. The molecular weight excluding hydrogens is 412 g/mol. The molecule has 0 aliphatic rings. The zero-order valence-electron chi connectivity index (χ0n) is 19.6. The van der Waals surface area contributed by atoms with Crippen LogP contribution in [0.2, 0.25) is 0 Å². The quantitative estimate of drug-likeness (QED) is 0.384. The molecule has 0 radical (unpaired) electrons. The van der Waals surface area contributed by atoms with Crippen LogP contribution in [0.5, 0.6) is 5.75 Å². The third-order valence-electron chi connectivity index (χ3n) is 5.55. The molecule has 0 saturated carbocycles. The Kier molecular flexibility index (Phi) is 6.27. The highest BCUT2D eigenvalue weighted by molar-refractivity contribution is 6.01. The number of hydrogen-bond acceptors (Lipinski definition) is 4. The Morgan fingerprint density at radius 3 is 2.55 bits per heavy atom. The van der Waals surface area contributed by atoms with E-state index in [-0.39, 0.29) is 5.91 Å². The predicted octanol–water partition coefficient (Wildman–Crippen LogP) is 5.82. The molecule has 0 fully saturated rings. The summed E-state index contributed by atoms with van der Waals surface area (Å²) in [6.45, 7) is 8.22. The van der Waals surface area contributed by atoms with Crippen LogP contribution in [-0.2, 0) is 4.79 Å². The summed E-state index contributed by atoms with van der Waals surface area (Å²) < 4.78 is 7.15. The monoisotopic (exact) mass is 440 g/mol. The Morgan fingerprint density at radius 2 is 1.85 bits per heavy atom. The van der Waals surface area contributed by atoms with E-state index in [9.17, 15) is 4.79 Å².